The van der Waals surface area contributed by atoms with Gasteiger partial charge in [-0.1, -0.05) is 123 Å². The number of aromatic carboxylic acids is 1. The van der Waals surface area contributed by atoms with Gasteiger partial charge in [0, 0.05) is 102 Å². The molecule has 36 heteroatoms. The van der Waals surface area contributed by atoms with Crippen LogP contribution in [0, 0.1) is 23.3 Å². The summed E-state index contributed by atoms with van der Waals surface area (Å²) < 4.78 is 75.9. The highest BCUT2D eigenvalue weighted by Gasteiger charge is 2.31. The summed E-state index contributed by atoms with van der Waals surface area (Å²) in [4.78, 5) is 104. The summed E-state index contributed by atoms with van der Waals surface area (Å²) in [6.07, 6.45) is 19.8. The average molecular weight is 1930 g/mol. The lowest BCUT2D eigenvalue weighted by molar-refractivity contribution is -0.120. The number of carboxylic acids is 1. The third kappa shape index (κ3) is 33.2. The molecule has 1 amide bonds. The number of hydrogen-bond acceptors (Lipinski definition) is 28. The molecule has 4 fully saturated rings. The van der Waals surface area contributed by atoms with E-state index in [9.17, 15) is 46.3 Å². The SMILES string of the molecule is CC.CC(C)(C)OC(=O)NC1CCC(c2cnc(N)c(-c3ccc(C(=O)O)c(F)c3)n2)CC1.CO.COC(=O)c1ccc(-c2nc(C3CCC(=O)CC3)cnc2N)cc1F.COC(=O)c1ccc(-c2nc(C3CCC(N)CC3)cnc2N)cc1F.COC(=O)c1ccc(-c2nc(C3CCC(NCc4ccccc4)CC3)cnc2N)cc1F.NCc1ccccc1.N[C@H](CO)c1cccc(Cl)c1.S. The lowest BCUT2D eigenvalue weighted by Gasteiger charge is -2.30. The number of ether oxygens (including phenoxy) is 4. The Morgan fingerprint density at radius 2 is 0.810 bits per heavy atom. The third-order valence-corrected chi connectivity index (χ3v) is 23.1. The predicted octanol–water partition coefficient (Wildman–Crippen LogP) is 17.3. The number of alkyl carbamates (subject to hydrolysis) is 1. The number of aliphatic hydroxyl groups is 2. The van der Waals surface area contributed by atoms with Crippen molar-refractivity contribution in [3.63, 3.8) is 0 Å². The van der Waals surface area contributed by atoms with Crippen molar-refractivity contribution >= 4 is 84.1 Å². The number of methoxy groups -OCH3 is 3. The van der Waals surface area contributed by atoms with Crippen molar-refractivity contribution < 1.29 is 80.6 Å². The van der Waals surface area contributed by atoms with Crippen LogP contribution in [0.5, 0.6) is 0 Å². The topological polar surface area (TPSA) is 509 Å². The molecule has 4 aliphatic carbocycles. The molecule has 7 aromatic carbocycles. The van der Waals surface area contributed by atoms with E-state index in [0.717, 1.165) is 138 Å². The number of hydrogen-bond donors (Lipinski definition) is 12. The minimum atomic E-state index is -1.34. The maximum Gasteiger partial charge on any atom is 0.407 e. The minimum absolute atomic E-state index is 0. The number of nitrogen functional groups attached to an aromatic ring is 4. The second kappa shape index (κ2) is 55.3. The van der Waals surface area contributed by atoms with E-state index in [0.29, 0.717) is 75.5 Å². The van der Waals surface area contributed by atoms with Gasteiger partial charge in [-0.25, -0.2) is 81.4 Å². The van der Waals surface area contributed by atoms with E-state index in [1.54, 1.807) is 55.1 Å². The van der Waals surface area contributed by atoms with Crippen LogP contribution in [-0.2, 0) is 36.8 Å². The minimum Gasteiger partial charge on any atom is -0.478 e. The number of halogens is 5. The van der Waals surface area contributed by atoms with E-state index >= 15 is 0 Å². The fourth-order valence-corrected chi connectivity index (χ4v) is 15.7. The third-order valence-electron chi connectivity index (χ3n) is 22.8. The Kier molecular flexibility index (Phi) is 44.8. The average Bonchev–Trinajstić information content (AvgIpc) is 0.812. The van der Waals surface area contributed by atoms with Gasteiger partial charge in [0.25, 0.3) is 0 Å². The van der Waals surface area contributed by atoms with E-state index in [1.165, 1.54) is 81.0 Å². The van der Waals surface area contributed by atoms with Crippen LogP contribution < -0.4 is 50.8 Å². The monoisotopic (exact) mass is 1930 g/mol. The molecule has 732 valence electrons. The van der Waals surface area contributed by atoms with Crippen LogP contribution in [0.2, 0.25) is 5.02 Å². The molecule has 15 rings (SSSR count). The summed E-state index contributed by atoms with van der Waals surface area (Å²) in [5.74, 6) is -4.56. The molecule has 4 saturated carbocycles. The van der Waals surface area contributed by atoms with Crippen molar-refractivity contribution in [3.8, 4) is 45.0 Å². The van der Waals surface area contributed by atoms with Gasteiger partial charge in [-0.2, -0.15) is 13.5 Å². The van der Waals surface area contributed by atoms with Gasteiger partial charge in [0.05, 0.1) is 104 Å². The van der Waals surface area contributed by atoms with Crippen LogP contribution in [0.25, 0.3) is 45.0 Å². The molecular weight excluding hydrogens is 1800 g/mol. The molecule has 19 N–H and O–H groups in total. The molecule has 0 radical (unpaired) electrons. The number of carbonyl (C=O) groups is 6. The van der Waals surface area contributed by atoms with E-state index in [2.05, 4.69) is 84.0 Å². The maximum atomic E-state index is 14.4. The molecule has 1 atom stereocenters. The summed E-state index contributed by atoms with van der Waals surface area (Å²) in [5.41, 5.74) is 49.2. The largest absolute Gasteiger partial charge is 0.478 e. The fourth-order valence-electron chi connectivity index (χ4n) is 15.5. The lowest BCUT2D eigenvalue weighted by Crippen LogP contribution is -2.40. The van der Waals surface area contributed by atoms with Gasteiger partial charge in [0.1, 0.15) is 80.7 Å². The van der Waals surface area contributed by atoms with E-state index in [-0.39, 0.29) is 108 Å². The Hall–Kier alpha value is -13.0. The molecule has 11 aromatic rings. The van der Waals surface area contributed by atoms with E-state index < -0.39 is 64.4 Å². The molecule has 137 heavy (non-hydrogen) atoms. The number of benzene rings is 7. The smallest absolute Gasteiger partial charge is 0.407 e. The number of rotatable bonds is 19. The van der Waals surface area contributed by atoms with E-state index in [4.69, 9.17) is 76.8 Å². The first-order valence-corrected chi connectivity index (χ1v) is 45.1. The molecule has 30 nitrogen and oxygen atoms in total. The lowest BCUT2D eigenvalue weighted by atomic mass is 9.84. The first kappa shape index (κ1) is 111. The van der Waals surface area contributed by atoms with Crippen molar-refractivity contribution in [1.82, 2.24) is 50.5 Å². The number of nitrogens with zero attached hydrogens (tertiary/aromatic N) is 8. The van der Waals surface area contributed by atoms with Crippen LogP contribution in [-0.4, -0.2) is 150 Å². The normalized spacial score (nSPS) is 16.7. The van der Waals surface area contributed by atoms with Crippen LogP contribution in [0.4, 0.5) is 45.6 Å². The fraction of sp³-hybridized carbons (Fsp3) is 0.366. The highest BCUT2D eigenvalue weighted by molar-refractivity contribution is 7.59. The molecule has 0 unspecified atom stereocenters. The quantitative estimate of drug-likeness (QED) is 0.0203. The molecule has 4 aromatic heterocycles. The van der Waals surface area contributed by atoms with Crippen molar-refractivity contribution in [2.24, 2.45) is 17.2 Å². The summed E-state index contributed by atoms with van der Waals surface area (Å²) in [7, 11) is 4.62. The summed E-state index contributed by atoms with van der Waals surface area (Å²) in [6, 6.07) is 44.3. The molecule has 0 spiro atoms. The Morgan fingerprint density at radius 3 is 1.12 bits per heavy atom. The highest BCUT2D eigenvalue weighted by Crippen LogP contribution is 2.40. The zero-order chi connectivity index (χ0) is 99.3. The van der Waals surface area contributed by atoms with Gasteiger partial charge in [-0.3, -0.25) is 4.79 Å². The maximum absolute atomic E-state index is 14.4. The van der Waals surface area contributed by atoms with Crippen LogP contribution in [0.3, 0.4) is 0 Å². The summed E-state index contributed by atoms with van der Waals surface area (Å²) in [6.45, 7) is 10.9. The molecule has 0 saturated heterocycles. The van der Waals surface area contributed by atoms with Crippen LogP contribution in [0.15, 0.2) is 183 Å². The summed E-state index contributed by atoms with van der Waals surface area (Å²) >= 11 is 5.71. The van der Waals surface area contributed by atoms with Crippen molar-refractivity contribution in [3.05, 3.63) is 273 Å². The summed E-state index contributed by atoms with van der Waals surface area (Å²) in [5, 5.41) is 31.9. The van der Waals surface area contributed by atoms with Crippen molar-refractivity contribution in [2.45, 2.75) is 204 Å². The Balaban J connectivity index is 0.000000231. The second-order valence-corrected chi connectivity index (χ2v) is 33.7. The second-order valence-electron chi connectivity index (χ2n) is 33.2. The number of anilines is 4. The zero-order valence-electron chi connectivity index (χ0n) is 78.3. The number of esters is 3. The number of nitrogens with one attached hydrogen (secondary N) is 2. The van der Waals surface area contributed by atoms with Gasteiger partial charge in [-0.15, -0.1) is 0 Å². The van der Waals surface area contributed by atoms with Gasteiger partial charge in [-0.05, 0) is 188 Å². The number of carbonyl (C=O) groups excluding carboxylic acids is 5. The van der Waals surface area contributed by atoms with Gasteiger partial charge < -0.3 is 85.0 Å². The van der Waals surface area contributed by atoms with Crippen LogP contribution in [0.1, 0.15) is 248 Å². The van der Waals surface area contributed by atoms with Gasteiger partial charge in [0.2, 0.25) is 0 Å². The first-order chi connectivity index (χ1) is 65.2. The Bertz CT molecular complexity index is 5770. The molecule has 0 bridgehead atoms. The van der Waals surface area contributed by atoms with Gasteiger partial charge >= 0.3 is 30.0 Å². The predicted molar refractivity (Wildman–Crippen MR) is 526 cm³/mol. The molecule has 4 aliphatic rings. The molecule has 4 heterocycles. The number of nitrogens with two attached hydrogens (primary N) is 7. The Morgan fingerprint density at radius 1 is 0.474 bits per heavy atom. The van der Waals surface area contributed by atoms with Crippen LogP contribution >= 0.6 is 25.1 Å². The number of Topliss-reactive ketones (excluding diaryl/α,β-unsaturated/α-hetero) is 1. The number of carboxylic acid groups (broad SMARTS) is 1. The number of aromatic nitrogens is 8. The van der Waals surface area contributed by atoms with E-state index in [1.807, 2.05) is 83.1 Å². The van der Waals surface area contributed by atoms with Gasteiger partial charge in [0.15, 0.2) is 0 Å². The number of ketones is 1. The van der Waals surface area contributed by atoms with Crippen molar-refractivity contribution in [2.75, 3.05) is 58.0 Å². The molecular formula is C101H124ClF4N17O13S. The number of amides is 1. The first-order valence-electron chi connectivity index (χ1n) is 44.8. The molecule has 0 aliphatic heterocycles. The van der Waals surface area contributed by atoms with Crippen molar-refractivity contribution in [1.29, 1.82) is 0 Å². The Labute approximate surface area is 807 Å². The zero-order valence-corrected chi connectivity index (χ0v) is 80.1. The standard InChI is InChI=1S/C25H27FN4O2.C22H27FN4O4.C18H21FN4O2.C18H18FN3O3.C8H10ClNO.C7H9N.C2H6.CH4O.H2S/c1-32-25(31)20-12-9-18(13-21(20)26)23-24(27)29-15-22(30-23)17-7-10-19(11-8-17)28-14-16-5-3-2-4-6-16;1-22(2,3)31-21(30)26-14-7-4-12(5-8-14)17-11-25-19(24)18(27-17)13-6-9-15(20(28)29)16(23)10-13;1-25-18(24)13-7-4-11(8-14(13)19)16-17(21)22-9-15(23-16)10-2-5-12(20)6-3-10;1-25-18(24)13-7-4-11(8-14(13)19)16-17(20)21-9-15(22-16)10-2-5-12(23)6-3-10;9-7-3-1-2-6(4-7)8(10)5-11;8-6-7-4-2-1-3-5-7;2*1-2;/h2-6,9,12-13,15,17,19,28H,7-8,10-11,14H2,1H3,(H2,27,29);6,9-12,14H,4-5,7-8H2,1-3H3,(H2,24,25)(H,26,30)(H,28,29);4,7-10,12H,2-3,5-6,20H2,1H3,(H2,21,22);4,7-10H,2-3,5-6H2,1H3,(H2,20,21);1-4,8,11H,5,10H2;1-5H,6,8H2;1-2H3;2H,1H3;1H2/t;;;;8-;;;;/m....1..../s1. The highest BCUT2D eigenvalue weighted by atomic mass is 35.5. The number of aliphatic hydroxyl groups excluding tert-OH is 2.